The van der Waals surface area contributed by atoms with Crippen LogP contribution in [0.4, 0.5) is 5.82 Å². The molecule has 0 saturated carbocycles. The number of amides is 1. The van der Waals surface area contributed by atoms with Crippen LogP contribution in [0.3, 0.4) is 0 Å². The Balaban J connectivity index is 2.10. The fourth-order valence-electron chi connectivity index (χ4n) is 1.54. The average molecular weight is 328 g/mol. The maximum atomic E-state index is 12.0. The lowest BCUT2D eigenvalue weighted by Crippen LogP contribution is -2.16. The topological polar surface area (TPSA) is 46.9 Å². The lowest BCUT2D eigenvalue weighted by atomic mass is 10.2. The number of halogens is 1. The molecule has 0 unspecified atom stereocenters. The summed E-state index contributed by atoms with van der Waals surface area (Å²) in [5.41, 5.74) is 0. The van der Waals surface area contributed by atoms with Crippen LogP contribution in [0.5, 0.6) is 0 Å². The van der Waals surface area contributed by atoms with Gasteiger partial charge in [-0.15, -0.1) is 11.3 Å². The van der Waals surface area contributed by atoms with Crippen molar-refractivity contribution in [3.8, 4) is 0 Å². The molecule has 2 aromatic heterocycles. The summed E-state index contributed by atoms with van der Waals surface area (Å²) in [5.74, 6) is 1.12. The van der Waals surface area contributed by atoms with Crippen molar-refractivity contribution in [2.75, 3.05) is 5.32 Å². The summed E-state index contributed by atoms with van der Waals surface area (Å²) >= 11 is 4.76. The first-order valence-electron chi connectivity index (χ1n) is 5.65. The molecule has 0 radical (unpaired) electrons. The van der Waals surface area contributed by atoms with Gasteiger partial charge in [0, 0.05) is 12.6 Å². The Morgan fingerprint density at radius 3 is 2.89 bits per heavy atom. The number of carbonyl (C=O) groups is 1. The van der Waals surface area contributed by atoms with E-state index in [9.17, 15) is 4.79 Å². The van der Waals surface area contributed by atoms with Crippen molar-refractivity contribution in [2.24, 2.45) is 5.92 Å². The third-order valence-corrected chi connectivity index (χ3v) is 3.92. The Bertz CT molecular complexity index is 547. The molecule has 2 rings (SSSR count). The first-order valence-corrected chi connectivity index (χ1v) is 7.25. The standard InChI is InChI=1S/C12H14BrN3OS/c1-8(2)7-16-11(5-6-14-16)15-12(17)9-3-4-10(13)18-9/h3-6,8H,7H2,1-2H3,(H,15,17). The van der Waals surface area contributed by atoms with E-state index in [1.54, 1.807) is 12.3 Å². The Kier molecular flexibility index (Phi) is 4.19. The predicted octanol–water partition coefficient (Wildman–Crippen LogP) is 3.62. The van der Waals surface area contributed by atoms with Gasteiger partial charge in [0.2, 0.25) is 0 Å². The van der Waals surface area contributed by atoms with Gasteiger partial charge >= 0.3 is 0 Å². The lowest BCUT2D eigenvalue weighted by molar-refractivity contribution is 0.102. The van der Waals surface area contributed by atoms with Gasteiger partial charge in [-0.2, -0.15) is 5.10 Å². The van der Waals surface area contributed by atoms with Gasteiger partial charge in [-0.1, -0.05) is 13.8 Å². The average Bonchev–Trinajstić information content (AvgIpc) is 2.88. The van der Waals surface area contributed by atoms with Crippen LogP contribution in [0.2, 0.25) is 0 Å². The summed E-state index contributed by atoms with van der Waals surface area (Å²) in [5, 5.41) is 7.08. The summed E-state index contributed by atoms with van der Waals surface area (Å²) in [4.78, 5) is 12.7. The van der Waals surface area contributed by atoms with Crippen LogP contribution in [0, 0.1) is 5.92 Å². The van der Waals surface area contributed by atoms with Crippen LogP contribution in [0.15, 0.2) is 28.2 Å². The van der Waals surface area contributed by atoms with E-state index >= 15 is 0 Å². The van der Waals surface area contributed by atoms with Crippen molar-refractivity contribution in [3.63, 3.8) is 0 Å². The second-order valence-electron chi connectivity index (χ2n) is 4.35. The summed E-state index contributed by atoms with van der Waals surface area (Å²) < 4.78 is 2.76. The fourth-order valence-corrected chi connectivity index (χ4v) is 2.83. The van der Waals surface area contributed by atoms with Gasteiger partial charge in [-0.3, -0.25) is 4.79 Å². The van der Waals surface area contributed by atoms with E-state index in [-0.39, 0.29) is 5.91 Å². The number of hydrogen-bond donors (Lipinski definition) is 1. The molecule has 18 heavy (non-hydrogen) atoms. The molecular weight excluding hydrogens is 314 g/mol. The molecule has 0 aliphatic carbocycles. The van der Waals surface area contributed by atoms with Crippen molar-refractivity contribution in [3.05, 3.63) is 33.1 Å². The number of hydrogen-bond acceptors (Lipinski definition) is 3. The van der Waals surface area contributed by atoms with E-state index in [2.05, 4.69) is 40.2 Å². The van der Waals surface area contributed by atoms with Crippen LogP contribution in [0.25, 0.3) is 0 Å². The van der Waals surface area contributed by atoms with Gasteiger partial charge in [0.05, 0.1) is 14.9 Å². The van der Waals surface area contributed by atoms with Crippen molar-refractivity contribution in [1.29, 1.82) is 0 Å². The summed E-state index contributed by atoms with van der Waals surface area (Å²) in [6.45, 7) is 5.02. The zero-order valence-corrected chi connectivity index (χ0v) is 12.6. The molecule has 0 fully saturated rings. The molecule has 0 aromatic carbocycles. The Labute approximate surface area is 118 Å². The Morgan fingerprint density at radius 2 is 2.28 bits per heavy atom. The van der Waals surface area contributed by atoms with Crippen LogP contribution in [-0.2, 0) is 6.54 Å². The number of rotatable bonds is 4. The molecule has 0 atom stereocenters. The number of anilines is 1. The molecule has 0 aliphatic rings. The molecule has 2 heterocycles. The molecule has 1 amide bonds. The number of aromatic nitrogens is 2. The minimum absolute atomic E-state index is 0.101. The highest BCUT2D eigenvalue weighted by molar-refractivity contribution is 9.11. The van der Waals surface area contributed by atoms with E-state index in [0.717, 1.165) is 16.1 Å². The van der Waals surface area contributed by atoms with Crippen LogP contribution >= 0.6 is 27.3 Å². The summed E-state index contributed by atoms with van der Waals surface area (Å²) in [6, 6.07) is 5.47. The quantitative estimate of drug-likeness (QED) is 0.932. The maximum Gasteiger partial charge on any atom is 0.266 e. The van der Waals surface area contributed by atoms with E-state index in [1.165, 1.54) is 11.3 Å². The van der Waals surface area contributed by atoms with Gasteiger partial charge in [-0.05, 0) is 34.0 Å². The molecule has 1 N–H and O–H groups in total. The second-order valence-corrected chi connectivity index (χ2v) is 6.81. The Hall–Kier alpha value is -1.14. The smallest absolute Gasteiger partial charge is 0.266 e. The summed E-state index contributed by atoms with van der Waals surface area (Å²) in [7, 11) is 0. The van der Waals surface area contributed by atoms with E-state index < -0.39 is 0 Å². The second kappa shape index (κ2) is 5.67. The molecule has 0 spiro atoms. The molecule has 0 bridgehead atoms. The first kappa shape index (κ1) is 13.3. The molecule has 96 valence electrons. The predicted molar refractivity (Wildman–Crippen MR) is 77.0 cm³/mol. The SMILES string of the molecule is CC(C)Cn1nccc1NC(=O)c1ccc(Br)s1. The first-order chi connectivity index (χ1) is 8.56. The van der Waals surface area contributed by atoms with Gasteiger partial charge in [-0.25, -0.2) is 4.68 Å². The largest absolute Gasteiger partial charge is 0.306 e. The molecule has 0 aliphatic heterocycles. The fraction of sp³-hybridized carbons (Fsp3) is 0.333. The third kappa shape index (κ3) is 3.20. The number of nitrogens with zero attached hydrogens (tertiary/aromatic N) is 2. The van der Waals surface area contributed by atoms with Crippen molar-refractivity contribution >= 4 is 39.0 Å². The van der Waals surface area contributed by atoms with E-state index in [1.807, 2.05) is 16.8 Å². The number of carbonyl (C=O) groups excluding carboxylic acids is 1. The van der Waals surface area contributed by atoms with Crippen LogP contribution in [0.1, 0.15) is 23.5 Å². The molecule has 6 heteroatoms. The number of thiophene rings is 1. The highest BCUT2D eigenvalue weighted by Gasteiger charge is 2.12. The van der Waals surface area contributed by atoms with Crippen molar-refractivity contribution < 1.29 is 4.79 Å². The normalized spacial score (nSPS) is 10.9. The van der Waals surface area contributed by atoms with Gasteiger partial charge in [0.1, 0.15) is 5.82 Å². The monoisotopic (exact) mass is 327 g/mol. The maximum absolute atomic E-state index is 12.0. The van der Waals surface area contributed by atoms with Gasteiger partial charge in [0.15, 0.2) is 0 Å². The molecule has 2 aromatic rings. The molecular formula is C12H14BrN3OS. The highest BCUT2D eigenvalue weighted by atomic mass is 79.9. The molecule has 0 saturated heterocycles. The zero-order valence-electron chi connectivity index (χ0n) is 10.2. The van der Waals surface area contributed by atoms with Crippen molar-refractivity contribution in [2.45, 2.75) is 20.4 Å². The van der Waals surface area contributed by atoms with E-state index in [4.69, 9.17) is 0 Å². The number of nitrogens with one attached hydrogen (secondary N) is 1. The minimum Gasteiger partial charge on any atom is -0.306 e. The third-order valence-electron chi connectivity index (χ3n) is 2.29. The Morgan fingerprint density at radius 1 is 1.50 bits per heavy atom. The van der Waals surface area contributed by atoms with Crippen LogP contribution in [-0.4, -0.2) is 15.7 Å². The minimum atomic E-state index is -0.101. The van der Waals surface area contributed by atoms with Gasteiger partial charge < -0.3 is 5.32 Å². The van der Waals surface area contributed by atoms with E-state index in [0.29, 0.717) is 10.8 Å². The highest BCUT2D eigenvalue weighted by Crippen LogP contribution is 2.23. The zero-order chi connectivity index (χ0) is 13.1. The van der Waals surface area contributed by atoms with Crippen LogP contribution < -0.4 is 5.32 Å². The lowest BCUT2D eigenvalue weighted by Gasteiger charge is -2.10. The van der Waals surface area contributed by atoms with Crippen molar-refractivity contribution in [1.82, 2.24) is 9.78 Å². The summed E-state index contributed by atoms with van der Waals surface area (Å²) in [6.07, 6.45) is 1.70. The molecule has 4 nitrogen and oxygen atoms in total. The van der Waals surface area contributed by atoms with Gasteiger partial charge in [0.25, 0.3) is 5.91 Å².